The third-order valence-electron chi connectivity index (χ3n) is 5.36. The molecule has 3 aromatic carbocycles. The van der Waals surface area contributed by atoms with Crippen LogP contribution in [0.5, 0.6) is 0 Å². The largest absolute Gasteiger partial charge is 3.00 e. The maximum Gasteiger partial charge on any atom is 3.00 e. The van der Waals surface area contributed by atoms with Gasteiger partial charge in [-0.1, -0.05) is 98.0 Å². The van der Waals surface area contributed by atoms with E-state index in [0.29, 0.717) is 11.8 Å². The number of hydrogen-bond acceptors (Lipinski definition) is 0. The standard InChI is InChI=1S/C25H25.2ClH.Zr/c1-16(2)18-9-11-22(17(3)4)25(15-18)20-10-12-24-21(14-20)13-19-7-5-6-8-23(19)24;;;/h5-12,15-17H,13H2,1-4H3;2*1H;/q-1;;;+3/p-2. The second-order valence-electron chi connectivity index (χ2n) is 7.75. The van der Waals surface area contributed by atoms with E-state index >= 15 is 0 Å². The number of halogens is 2. The molecule has 3 heteroatoms. The predicted molar refractivity (Wildman–Crippen MR) is 107 cm³/mol. The second kappa shape index (κ2) is 10.2. The Morgan fingerprint density at radius 1 is 0.750 bits per heavy atom. The molecule has 1 aliphatic carbocycles. The van der Waals surface area contributed by atoms with Crippen LogP contribution in [0.25, 0.3) is 22.3 Å². The maximum atomic E-state index is 3.75. The van der Waals surface area contributed by atoms with Gasteiger partial charge in [-0.3, -0.25) is 0 Å². The zero-order valence-corrected chi connectivity index (χ0v) is 20.8. The van der Waals surface area contributed by atoms with Crippen LogP contribution in [0.3, 0.4) is 0 Å². The SMILES string of the molecule is CC(C)c1ccc(C(C)C)c(-c2[c-]c3c(cc2)-c2ccccc2C3)c1.[Cl-].[Cl-].[Zr+3]. The summed E-state index contributed by atoms with van der Waals surface area (Å²) in [6.45, 7) is 9.07. The minimum absolute atomic E-state index is 0. The van der Waals surface area contributed by atoms with Gasteiger partial charge in [0.1, 0.15) is 0 Å². The van der Waals surface area contributed by atoms with Gasteiger partial charge in [-0.25, -0.2) is 0 Å². The molecule has 0 N–H and O–H groups in total. The van der Waals surface area contributed by atoms with Crippen LogP contribution in [0.15, 0.2) is 54.6 Å². The Labute approximate surface area is 201 Å². The minimum Gasteiger partial charge on any atom is -1.00 e. The monoisotopic (exact) mass is 485 g/mol. The van der Waals surface area contributed by atoms with Gasteiger partial charge in [-0.2, -0.15) is 0 Å². The molecule has 0 amide bonds. The predicted octanol–water partition coefficient (Wildman–Crippen LogP) is 0.977. The molecule has 3 aromatic rings. The van der Waals surface area contributed by atoms with E-state index in [1.807, 2.05) is 0 Å². The minimum atomic E-state index is 0. The van der Waals surface area contributed by atoms with Gasteiger partial charge < -0.3 is 24.8 Å². The summed E-state index contributed by atoms with van der Waals surface area (Å²) in [6.07, 6.45) is 1.00. The van der Waals surface area contributed by atoms with E-state index in [9.17, 15) is 0 Å². The fourth-order valence-corrected chi connectivity index (χ4v) is 3.89. The zero-order chi connectivity index (χ0) is 17.6. The first-order valence-corrected chi connectivity index (χ1v) is 9.32. The van der Waals surface area contributed by atoms with Gasteiger partial charge in [0.25, 0.3) is 0 Å². The van der Waals surface area contributed by atoms with Crippen LogP contribution < -0.4 is 24.8 Å². The molecule has 0 aromatic heterocycles. The molecular formula is C25H25Cl2Zr. The molecule has 0 atom stereocenters. The summed E-state index contributed by atoms with van der Waals surface area (Å²) < 4.78 is 0. The van der Waals surface area contributed by atoms with Crippen molar-refractivity contribution in [3.05, 3.63) is 82.9 Å². The van der Waals surface area contributed by atoms with Crippen LogP contribution in [0, 0.1) is 6.07 Å². The summed E-state index contributed by atoms with van der Waals surface area (Å²) in [7, 11) is 0. The van der Waals surface area contributed by atoms with Crippen molar-refractivity contribution in [2.45, 2.75) is 46.0 Å². The molecule has 1 radical (unpaired) electrons. The number of hydrogen-bond donors (Lipinski definition) is 0. The molecular weight excluding hydrogens is 462 g/mol. The summed E-state index contributed by atoms with van der Waals surface area (Å²) >= 11 is 0. The topological polar surface area (TPSA) is 0 Å². The Balaban J connectivity index is 0.00000131. The van der Waals surface area contributed by atoms with Crippen molar-refractivity contribution in [2.24, 2.45) is 0 Å². The van der Waals surface area contributed by atoms with Crippen molar-refractivity contribution in [3.63, 3.8) is 0 Å². The summed E-state index contributed by atoms with van der Waals surface area (Å²) in [5, 5.41) is 0. The summed E-state index contributed by atoms with van der Waals surface area (Å²) in [6, 6.07) is 24.0. The molecule has 0 saturated carbocycles. The summed E-state index contributed by atoms with van der Waals surface area (Å²) in [4.78, 5) is 0. The quantitative estimate of drug-likeness (QED) is 0.378. The molecule has 0 bridgehead atoms. The van der Waals surface area contributed by atoms with Gasteiger partial charge in [-0.05, 0) is 23.8 Å². The van der Waals surface area contributed by atoms with E-state index in [1.165, 1.54) is 44.5 Å². The van der Waals surface area contributed by atoms with Crippen molar-refractivity contribution < 1.29 is 51.0 Å². The van der Waals surface area contributed by atoms with Crippen molar-refractivity contribution in [2.75, 3.05) is 0 Å². The van der Waals surface area contributed by atoms with Crippen LogP contribution in [0.4, 0.5) is 0 Å². The summed E-state index contributed by atoms with van der Waals surface area (Å²) in [5.41, 5.74) is 10.9. The Morgan fingerprint density at radius 2 is 1.46 bits per heavy atom. The van der Waals surface area contributed by atoms with Crippen molar-refractivity contribution in [3.8, 4) is 22.3 Å². The molecule has 143 valence electrons. The van der Waals surface area contributed by atoms with Crippen molar-refractivity contribution in [1.82, 2.24) is 0 Å². The average molecular weight is 488 g/mol. The number of benzene rings is 3. The molecule has 28 heavy (non-hydrogen) atoms. The third-order valence-corrected chi connectivity index (χ3v) is 5.36. The van der Waals surface area contributed by atoms with E-state index < -0.39 is 0 Å². The van der Waals surface area contributed by atoms with Crippen LogP contribution >= 0.6 is 0 Å². The number of fused-ring (bicyclic) bond motifs is 3. The first-order chi connectivity index (χ1) is 12.0. The van der Waals surface area contributed by atoms with Crippen LogP contribution in [0.1, 0.15) is 61.8 Å². The van der Waals surface area contributed by atoms with E-state index in [4.69, 9.17) is 0 Å². The van der Waals surface area contributed by atoms with Crippen molar-refractivity contribution in [1.29, 1.82) is 0 Å². The van der Waals surface area contributed by atoms with Gasteiger partial charge in [0.2, 0.25) is 0 Å². The fourth-order valence-electron chi connectivity index (χ4n) is 3.89. The third kappa shape index (κ3) is 4.64. The molecule has 0 heterocycles. The molecule has 0 fully saturated rings. The van der Waals surface area contributed by atoms with Gasteiger partial charge in [-0.15, -0.1) is 29.3 Å². The average Bonchev–Trinajstić information content (AvgIpc) is 2.98. The van der Waals surface area contributed by atoms with Gasteiger partial charge in [0.05, 0.1) is 0 Å². The maximum absolute atomic E-state index is 3.75. The Bertz CT molecular complexity index is 945. The molecule has 0 aliphatic heterocycles. The van der Waals surface area contributed by atoms with Crippen LogP contribution in [0.2, 0.25) is 0 Å². The van der Waals surface area contributed by atoms with Crippen LogP contribution in [-0.4, -0.2) is 0 Å². The van der Waals surface area contributed by atoms with Crippen molar-refractivity contribution >= 4 is 0 Å². The number of rotatable bonds is 3. The molecule has 0 unspecified atom stereocenters. The Morgan fingerprint density at radius 3 is 2.14 bits per heavy atom. The zero-order valence-electron chi connectivity index (χ0n) is 16.8. The van der Waals surface area contributed by atoms with E-state index in [2.05, 4.69) is 88.4 Å². The van der Waals surface area contributed by atoms with Crippen LogP contribution in [-0.2, 0) is 32.6 Å². The molecule has 0 nitrogen and oxygen atoms in total. The fraction of sp³-hybridized carbons (Fsp3) is 0.280. The van der Waals surface area contributed by atoms with E-state index in [0.717, 1.165) is 6.42 Å². The Hall–Kier alpha value is -0.877. The van der Waals surface area contributed by atoms with Gasteiger partial charge >= 0.3 is 26.2 Å². The van der Waals surface area contributed by atoms with E-state index in [-0.39, 0.29) is 51.0 Å². The first kappa shape index (κ1) is 25.2. The summed E-state index contributed by atoms with van der Waals surface area (Å²) in [5.74, 6) is 1.05. The smallest absolute Gasteiger partial charge is 1.00 e. The normalized spacial score (nSPS) is 11.2. The van der Waals surface area contributed by atoms with E-state index in [1.54, 1.807) is 0 Å². The molecule has 1 aliphatic rings. The molecule has 0 saturated heterocycles. The molecule has 0 spiro atoms. The molecule has 4 rings (SSSR count). The first-order valence-electron chi connectivity index (χ1n) is 9.32. The van der Waals surface area contributed by atoms with Gasteiger partial charge in [0, 0.05) is 0 Å². The second-order valence-corrected chi connectivity index (χ2v) is 7.75. The van der Waals surface area contributed by atoms with Gasteiger partial charge in [0.15, 0.2) is 0 Å². The Kier molecular flexibility index (Phi) is 9.20.